The summed E-state index contributed by atoms with van der Waals surface area (Å²) in [6, 6.07) is 23.3. The van der Waals surface area contributed by atoms with Crippen LogP contribution in [0.1, 0.15) is 21.9 Å². The largest absolute Gasteiger partial charge is 0.323 e. The molecule has 1 spiro atoms. The zero-order valence-electron chi connectivity index (χ0n) is 18.7. The number of anilines is 1. The summed E-state index contributed by atoms with van der Waals surface area (Å²) < 4.78 is 1.69. The number of ketones is 1. The van der Waals surface area contributed by atoms with Crippen LogP contribution in [0.25, 0.3) is 5.70 Å². The number of thioether (sulfide) groups is 1. The van der Waals surface area contributed by atoms with Crippen LogP contribution in [0.5, 0.6) is 0 Å². The summed E-state index contributed by atoms with van der Waals surface area (Å²) in [5.74, 6) is -0.529. The van der Waals surface area contributed by atoms with Gasteiger partial charge in [-0.25, -0.2) is 4.99 Å². The molecule has 36 heavy (non-hydrogen) atoms. The smallest absolute Gasteiger partial charge is 0.274 e. The van der Waals surface area contributed by atoms with E-state index in [1.165, 1.54) is 29.8 Å². The van der Waals surface area contributed by atoms with E-state index in [9.17, 15) is 19.7 Å². The van der Waals surface area contributed by atoms with Crippen LogP contribution in [0.4, 0.5) is 11.4 Å². The van der Waals surface area contributed by atoms with Crippen molar-refractivity contribution in [1.82, 2.24) is 4.31 Å². The Morgan fingerprint density at radius 1 is 1.00 bits per heavy atom. The van der Waals surface area contributed by atoms with E-state index in [4.69, 9.17) is 4.99 Å². The normalized spacial score (nSPS) is 22.8. The van der Waals surface area contributed by atoms with E-state index >= 15 is 0 Å². The first-order valence-corrected chi connectivity index (χ1v) is 13.0. The minimum absolute atomic E-state index is 0.00345. The van der Waals surface area contributed by atoms with Crippen molar-refractivity contribution in [2.75, 3.05) is 11.1 Å². The van der Waals surface area contributed by atoms with Crippen LogP contribution in [0.2, 0.25) is 0 Å². The van der Waals surface area contributed by atoms with E-state index in [1.807, 2.05) is 42.5 Å². The highest BCUT2D eigenvalue weighted by Gasteiger charge is 2.62. The van der Waals surface area contributed by atoms with E-state index in [0.29, 0.717) is 27.7 Å². The second kappa shape index (κ2) is 8.65. The fourth-order valence-electron chi connectivity index (χ4n) is 4.73. The van der Waals surface area contributed by atoms with Crippen molar-refractivity contribution in [3.05, 3.63) is 112 Å². The lowest BCUT2D eigenvalue weighted by molar-refractivity contribution is -0.385. The number of nitro benzene ring substituents is 1. The van der Waals surface area contributed by atoms with Crippen LogP contribution in [0, 0.1) is 10.1 Å². The molecule has 0 aromatic heterocycles. The van der Waals surface area contributed by atoms with Gasteiger partial charge in [-0.3, -0.25) is 24.0 Å². The number of hydrogen-bond donors (Lipinski definition) is 1. The SMILES string of the molecule is O=C1CSN(C2=NC(c3ccccc3)=CC(c3ccccc3[N+](=O)[O-])S2)C12C(=O)Nc1ccccc12. The van der Waals surface area contributed by atoms with Gasteiger partial charge in [0.15, 0.2) is 11.0 Å². The molecule has 0 radical (unpaired) electrons. The second-order valence-electron chi connectivity index (χ2n) is 8.37. The van der Waals surface area contributed by atoms with Crippen LogP contribution >= 0.6 is 23.7 Å². The molecule has 178 valence electrons. The van der Waals surface area contributed by atoms with Gasteiger partial charge in [0.1, 0.15) is 0 Å². The predicted molar refractivity (Wildman–Crippen MR) is 141 cm³/mol. The lowest BCUT2D eigenvalue weighted by atomic mass is 9.87. The lowest BCUT2D eigenvalue weighted by Gasteiger charge is -2.34. The van der Waals surface area contributed by atoms with E-state index in [2.05, 4.69) is 5.32 Å². The number of fused-ring (bicyclic) bond motifs is 2. The molecule has 3 heterocycles. The number of Topliss-reactive ketones (excluding diaryl/α,β-unsaturated/α-hetero) is 1. The number of aliphatic imine (C=N–C) groups is 1. The van der Waals surface area contributed by atoms with Crippen LogP contribution < -0.4 is 5.32 Å². The minimum Gasteiger partial charge on any atom is -0.323 e. The third-order valence-electron chi connectivity index (χ3n) is 6.37. The van der Waals surface area contributed by atoms with Crippen LogP contribution in [-0.4, -0.2) is 31.8 Å². The van der Waals surface area contributed by atoms with Gasteiger partial charge in [-0.1, -0.05) is 78.5 Å². The van der Waals surface area contributed by atoms with Gasteiger partial charge in [-0.2, -0.15) is 0 Å². The fraction of sp³-hybridized carbons (Fsp3) is 0.115. The molecule has 3 aliphatic rings. The first kappa shape index (κ1) is 22.6. The number of rotatable bonds is 3. The van der Waals surface area contributed by atoms with E-state index in [-0.39, 0.29) is 17.2 Å². The van der Waals surface area contributed by atoms with Crippen molar-refractivity contribution in [2.45, 2.75) is 10.8 Å². The van der Waals surface area contributed by atoms with Gasteiger partial charge in [0.05, 0.1) is 21.6 Å². The van der Waals surface area contributed by atoms with Gasteiger partial charge in [0.2, 0.25) is 5.54 Å². The molecule has 1 fully saturated rings. The average Bonchev–Trinajstić information content (AvgIpc) is 3.41. The van der Waals surface area contributed by atoms with E-state index in [1.54, 1.807) is 40.7 Å². The maximum absolute atomic E-state index is 13.4. The van der Waals surface area contributed by atoms with Crippen molar-refractivity contribution in [3.63, 3.8) is 0 Å². The van der Waals surface area contributed by atoms with Crippen LogP contribution in [0.15, 0.2) is 89.9 Å². The summed E-state index contributed by atoms with van der Waals surface area (Å²) in [5.41, 5.74) is 1.62. The molecule has 10 heteroatoms. The number of para-hydroxylation sites is 2. The summed E-state index contributed by atoms with van der Waals surface area (Å²) in [7, 11) is 0. The highest BCUT2D eigenvalue weighted by atomic mass is 32.2. The van der Waals surface area contributed by atoms with E-state index < -0.39 is 21.6 Å². The molecule has 3 aromatic carbocycles. The van der Waals surface area contributed by atoms with Crippen LogP contribution in [0.3, 0.4) is 0 Å². The molecule has 0 bridgehead atoms. The monoisotopic (exact) mass is 514 g/mol. The Labute approximate surface area is 214 Å². The number of nitrogens with one attached hydrogen (secondary N) is 1. The van der Waals surface area contributed by atoms with Gasteiger partial charge < -0.3 is 5.32 Å². The first-order valence-electron chi connectivity index (χ1n) is 11.1. The molecule has 1 saturated heterocycles. The number of benzene rings is 3. The van der Waals surface area contributed by atoms with Gasteiger partial charge in [0.25, 0.3) is 11.6 Å². The lowest BCUT2D eigenvalue weighted by Crippen LogP contribution is -2.51. The van der Waals surface area contributed by atoms with Crippen molar-refractivity contribution in [2.24, 2.45) is 4.99 Å². The third kappa shape index (κ3) is 3.36. The Bertz CT molecular complexity index is 1490. The average molecular weight is 515 g/mol. The maximum atomic E-state index is 13.4. The Morgan fingerprint density at radius 2 is 1.72 bits per heavy atom. The number of carbonyl (C=O) groups is 2. The molecule has 2 atom stereocenters. The predicted octanol–water partition coefficient (Wildman–Crippen LogP) is 5.16. The molecule has 3 aliphatic heterocycles. The van der Waals surface area contributed by atoms with Gasteiger partial charge in [-0.15, -0.1) is 0 Å². The zero-order valence-corrected chi connectivity index (χ0v) is 20.3. The molecule has 2 unspecified atom stereocenters. The second-order valence-corrected chi connectivity index (χ2v) is 10.4. The third-order valence-corrected chi connectivity index (χ3v) is 8.71. The molecular weight excluding hydrogens is 496 g/mol. The molecule has 8 nitrogen and oxygen atoms in total. The van der Waals surface area contributed by atoms with Gasteiger partial charge in [-0.05, 0) is 29.7 Å². The molecule has 0 saturated carbocycles. The molecule has 6 rings (SSSR count). The zero-order chi connectivity index (χ0) is 24.9. The Balaban J connectivity index is 1.51. The van der Waals surface area contributed by atoms with Crippen molar-refractivity contribution in [3.8, 4) is 0 Å². The quantitative estimate of drug-likeness (QED) is 0.223. The Hall–Kier alpha value is -3.89. The van der Waals surface area contributed by atoms with Crippen LogP contribution in [-0.2, 0) is 15.1 Å². The number of nitro groups is 1. The van der Waals surface area contributed by atoms with Crippen molar-refractivity contribution < 1.29 is 14.5 Å². The molecule has 1 N–H and O–H groups in total. The number of carbonyl (C=O) groups excluding carboxylic acids is 2. The first-order chi connectivity index (χ1) is 17.5. The van der Waals surface area contributed by atoms with Gasteiger partial charge >= 0.3 is 0 Å². The fourth-order valence-corrected chi connectivity index (χ4v) is 7.23. The molecule has 3 aromatic rings. The number of nitrogens with zero attached hydrogens (tertiary/aromatic N) is 3. The number of hydrogen-bond acceptors (Lipinski definition) is 8. The highest BCUT2D eigenvalue weighted by Crippen LogP contribution is 2.53. The Morgan fingerprint density at radius 3 is 2.53 bits per heavy atom. The summed E-state index contributed by atoms with van der Waals surface area (Å²) in [4.78, 5) is 43.1. The summed E-state index contributed by atoms with van der Waals surface area (Å²) >= 11 is 2.53. The van der Waals surface area contributed by atoms with Crippen molar-refractivity contribution in [1.29, 1.82) is 0 Å². The number of amidine groups is 1. The Kier molecular flexibility index (Phi) is 5.42. The van der Waals surface area contributed by atoms with Gasteiger partial charge in [0, 0.05) is 22.9 Å². The summed E-state index contributed by atoms with van der Waals surface area (Å²) in [6.07, 6.45) is 1.89. The van der Waals surface area contributed by atoms with Crippen molar-refractivity contribution >= 4 is 57.6 Å². The summed E-state index contributed by atoms with van der Waals surface area (Å²) in [6.45, 7) is 0. The molecule has 0 aliphatic carbocycles. The summed E-state index contributed by atoms with van der Waals surface area (Å²) in [5, 5.41) is 14.7. The standard InChI is InChI=1S/C26H18N4O4S2/c31-23-15-35-29(26(23)18-11-5-6-12-19(18)27-24(26)32)25-28-20(16-8-2-1-3-9-16)14-22(36-25)17-10-4-7-13-21(17)30(33)34/h1-14,22H,15H2,(H,27,32). The maximum Gasteiger partial charge on any atom is 0.274 e. The number of amides is 1. The highest BCUT2D eigenvalue weighted by molar-refractivity contribution is 8.15. The topological polar surface area (TPSA) is 105 Å². The molecular formula is C26H18N4O4S2. The molecule has 1 amide bonds. The van der Waals surface area contributed by atoms with E-state index in [0.717, 1.165) is 5.56 Å². The minimum atomic E-state index is -1.54.